The van der Waals surface area contributed by atoms with Crippen molar-refractivity contribution in [1.29, 1.82) is 0 Å². The van der Waals surface area contributed by atoms with Gasteiger partial charge in [-0.2, -0.15) is 0 Å². The van der Waals surface area contributed by atoms with Crippen LogP contribution in [-0.2, 0) is 4.79 Å². The molecule has 3 aromatic rings. The molecule has 0 bridgehead atoms. The quantitative estimate of drug-likeness (QED) is 0.596. The van der Waals surface area contributed by atoms with Gasteiger partial charge in [0.2, 0.25) is 20.0 Å². The molecule has 8 nitrogen and oxygen atoms in total. The van der Waals surface area contributed by atoms with E-state index in [0.29, 0.717) is 40.2 Å². The Balaban J connectivity index is 1.86. The van der Waals surface area contributed by atoms with Crippen molar-refractivity contribution in [2.24, 2.45) is 0 Å². The fraction of sp³-hybridized carbons (Fsp3) is 0.227. The number of nitrogens with zero attached hydrogens (tertiary/aromatic N) is 1. The summed E-state index contributed by atoms with van der Waals surface area (Å²) in [4.78, 5) is 13.3. The molecule has 0 spiro atoms. The van der Waals surface area contributed by atoms with Crippen LogP contribution in [0.2, 0.25) is 0 Å². The maximum Gasteiger partial charge on any atom is 0.231 e. The van der Waals surface area contributed by atoms with Crippen LogP contribution in [0.5, 0.6) is 34.5 Å². The molecule has 0 unspecified atom stereocenters. The predicted molar refractivity (Wildman–Crippen MR) is 109 cm³/mol. The van der Waals surface area contributed by atoms with Crippen LogP contribution in [0.1, 0.15) is 0 Å². The summed E-state index contributed by atoms with van der Waals surface area (Å²) in [5, 5.41) is 1.58. The number of hydrogen-bond donors (Lipinski definition) is 0. The summed E-state index contributed by atoms with van der Waals surface area (Å²) in [6, 6.07) is 9.22. The highest BCUT2D eigenvalue weighted by Crippen LogP contribution is 2.50. The van der Waals surface area contributed by atoms with Gasteiger partial charge in [-0.05, 0) is 24.3 Å². The molecule has 5 rings (SSSR count). The molecule has 0 atom stereocenters. The lowest BCUT2D eigenvalue weighted by molar-refractivity contribution is -0.107. The second-order valence-corrected chi connectivity index (χ2v) is 6.85. The third kappa shape index (κ3) is 2.64. The highest BCUT2D eigenvalue weighted by molar-refractivity contribution is 6.10. The van der Waals surface area contributed by atoms with E-state index in [-0.39, 0.29) is 13.6 Å². The van der Waals surface area contributed by atoms with Crippen LogP contribution >= 0.6 is 0 Å². The van der Waals surface area contributed by atoms with Gasteiger partial charge in [0.1, 0.15) is 11.5 Å². The number of methoxy groups -OCH3 is 2. The van der Waals surface area contributed by atoms with Gasteiger partial charge in [-0.3, -0.25) is 4.79 Å². The third-order valence-electron chi connectivity index (χ3n) is 5.28. The fourth-order valence-electron chi connectivity index (χ4n) is 3.87. The summed E-state index contributed by atoms with van der Waals surface area (Å²) < 4.78 is 33.4. The van der Waals surface area contributed by atoms with Crippen molar-refractivity contribution in [1.82, 2.24) is 0 Å². The molecular formula is C22H19NO7. The van der Waals surface area contributed by atoms with E-state index in [4.69, 9.17) is 28.4 Å². The smallest absolute Gasteiger partial charge is 0.231 e. The Morgan fingerprint density at radius 1 is 0.767 bits per heavy atom. The van der Waals surface area contributed by atoms with Crippen molar-refractivity contribution in [3.8, 4) is 45.6 Å². The van der Waals surface area contributed by atoms with E-state index in [0.717, 1.165) is 28.3 Å². The minimum absolute atomic E-state index is 0.146. The number of benzene rings is 3. The number of amides is 1. The molecule has 30 heavy (non-hydrogen) atoms. The maximum atomic E-state index is 11.8. The molecule has 0 radical (unpaired) electrons. The first-order chi connectivity index (χ1) is 14.6. The number of carbonyl (C=O) groups is 1. The molecule has 8 heteroatoms. The average Bonchev–Trinajstić information content (AvgIpc) is 3.43. The van der Waals surface area contributed by atoms with Crippen molar-refractivity contribution in [3.05, 3.63) is 30.3 Å². The van der Waals surface area contributed by atoms with E-state index in [1.165, 1.54) is 4.90 Å². The Labute approximate surface area is 172 Å². The van der Waals surface area contributed by atoms with Crippen molar-refractivity contribution < 1.29 is 33.2 Å². The molecule has 2 aliphatic heterocycles. The van der Waals surface area contributed by atoms with E-state index in [1.807, 2.05) is 24.3 Å². The van der Waals surface area contributed by atoms with Crippen LogP contribution in [0.3, 0.4) is 0 Å². The molecule has 154 valence electrons. The minimum atomic E-state index is 0.146. The van der Waals surface area contributed by atoms with Crippen LogP contribution in [0.15, 0.2) is 30.3 Å². The van der Waals surface area contributed by atoms with Gasteiger partial charge in [-0.1, -0.05) is 0 Å². The van der Waals surface area contributed by atoms with Gasteiger partial charge in [0.25, 0.3) is 0 Å². The zero-order valence-electron chi connectivity index (χ0n) is 16.7. The van der Waals surface area contributed by atoms with E-state index >= 15 is 0 Å². The SMILES string of the molecule is COc1cc2c(cc1-c1cc(OC)c3cc4c(cc3c1N(C)C=O)OCO4)OCO2. The summed E-state index contributed by atoms with van der Waals surface area (Å²) in [5.41, 5.74) is 2.16. The molecule has 1 amide bonds. The first kappa shape index (κ1) is 18.2. The third-order valence-corrected chi connectivity index (χ3v) is 5.28. The number of ether oxygens (including phenoxy) is 6. The first-order valence-electron chi connectivity index (χ1n) is 9.25. The molecule has 0 fully saturated rings. The Bertz CT molecular complexity index is 1170. The molecule has 0 saturated carbocycles. The normalized spacial score (nSPS) is 13.4. The second kappa shape index (κ2) is 6.91. The van der Waals surface area contributed by atoms with E-state index in [1.54, 1.807) is 27.3 Å². The summed E-state index contributed by atoms with van der Waals surface area (Å²) >= 11 is 0. The molecule has 2 heterocycles. The number of hydrogen-bond acceptors (Lipinski definition) is 7. The van der Waals surface area contributed by atoms with E-state index in [9.17, 15) is 4.79 Å². The van der Waals surface area contributed by atoms with Gasteiger partial charge in [0, 0.05) is 35.0 Å². The molecule has 0 saturated heterocycles. The first-order valence-corrected chi connectivity index (χ1v) is 9.25. The second-order valence-electron chi connectivity index (χ2n) is 6.85. The number of fused-ring (bicyclic) bond motifs is 3. The van der Waals surface area contributed by atoms with Crippen LogP contribution in [0.4, 0.5) is 5.69 Å². The maximum absolute atomic E-state index is 11.8. The molecule has 2 aliphatic rings. The summed E-state index contributed by atoms with van der Waals surface area (Å²) in [7, 11) is 4.88. The number of rotatable bonds is 5. The van der Waals surface area contributed by atoms with Crippen molar-refractivity contribution in [2.75, 3.05) is 39.8 Å². The molecule has 3 aromatic carbocycles. The Morgan fingerprint density at radius 2 is 1.33 bits per heavy atom. The van der Waals surface area contributed by atoms with Crippen molar-refractivity contribution in [3.63, 3.8) is 0 Å². The average molecular weight is 409 g/mol. The number of anilines is 1. The molecule has 0 aromatic heterocycles. The Hall–Kier alpha value is -3.81. The zero-order valence-corrected chi connectivity index (χ0v) is 16.7. The lowest BCUT2D eigenvalue weighted by atomic mass is 9.95. The topological polar surface area (TPSA) is 75.7 Å². The standard InChI is InChI=1S/C22H19NO7/c1-23(9-24)22-14(13-5-19-21(30-11-28-19)8-17(13)26-3)6-16(25-2)12-4-18-20(7-15(12)22)29-10-27-18/h4-9H,10-11H2,1-3H3. The fourth-order valence-corrected chi connectivity index (χ4v) is 3.87. The Kier molecular flexibility index (Phi) is 4.20. The van der Waals surface area contributed by atoms with Gasteiger partial charge >= 0.3 is 0 Å². The predicted octanol–water partition coefficient (Wildman–Crippen LogP) is 3.57. The van der Waals surface area contributed by atoms with Crippen LogP contribution in [-0.4, -0.2) is 41.3 Å². The molecule has 0 N–H and O–H groups in total. The van der Waals surface area contributed by atoms with Crippen LogP contribution in [0.25, 0.3) is 21.9 Å². The summed E-state index contributed by atoms with van der Waals surface area (Å²) in [5.74, 6) is 3.67. The lowest BCUT2D eigenvalue weighted by Gasteiger charge is -2.22. The van der Waals surface area contributed by atoms with Crippen molar-refractivity contribution in [2.45, 2.75) is 0 Å². The van der Waals surface area contributed by atoms with Crippen molar-refractivity contribution >= 4 is 22.9 Å². The van der Waals surface area contributed by atoms with E-state index in [2.05, 4.69) is 0 Å². The Morgan fingerprint density at radius 3 is 1.93 bits per heavy atom. The summed E-state index contributed by atoms with van der Waals surface area (Å²) in [6.45, 7) is 0.295. The lowest BCUT2D eigenvalue weighted by Crippen LogP contribution is -2.15. The highest BCUT2D eigenvalue weighted by atomic mass is 16.7. The largest absolute Gasteiger partial charge is 0.496 e. The van der Waals surface area contributed by atoms with Gasteiger partial charge < -0.3 is 33.3 Å². The highest BCUT2D eigenvalue weighted by Gasteiger charge is 2.26. The molecular weight excluding hydrogens is 390 g/mol. The van der Waals surface area contributed by atoms with Crippen LogP contribution in [0, 0.1) is 0 Å². The van der Waals surface area contributed by atoms with Gasteiger partial charge in [0.15, 0.2) is 23.0 Å². The monoisotopic (exact) mass is 409 g/mol. The van der Waals surface area contributed by atoms with Gasteiger partial charge in [-0.25, -0.2) is 0 Å². The van der Waals surface area contributed by atoms with Gasteiger partial charge in [0.05, 0.1) is 19.9 Å². The van der Waals surface area contributed by atoms with Crippen LogP contribution < -0.4 is 33.3 Å². The minimum Gasteiger partial charge on any atom is -0.496 e. The van der Waals surface area contributed by atoms with E-state index < -0.39 is 0 Å². The number of carbonyl (C=O) groups excluding carboxylic acids is 1. The van der Waals surface area contributed by atoms with Gasteiger partial charge in [-0.15, -0.1) is 0 Å². The zero-order chi connectivity index (χ0) is 20.8. The molecule has 0 aliphatic carbocycles. The summed E-state index contributed by atoms with van der Waals surface area (Å²) in [6.07, 6.45) is 0.759.